The molecule has 1 saturated carbocycles. The molecule has 1 N–H and O–H groups in total. The third-order valence-corrected chi connectivity index (χ3v) is 5.83. The molecule has 0 saturated heterocycles. The van der Waals surface area contributed by atoms with Gasteiger partial charge in [0.2, 0.25) is 0 Å². The van der Waals surface area contributed by atoms with Gasteiger partial charge in [-0.25, -0.2) is 9.59 Å². The Balaban J connectivity index is 2.51. The Hall–Kier alpha value is -0.490. The number of hydrogen-bond donors (Lipinski definition) is 1. The lowest BCUT2D eigenvalue weighted by molar-refractivity contribution is -0.169. The minimum atomic E-state index is -5.29. The van der Waals surface area contributed by atoms with Gasteiger partial charge in [0, 0.05) is 0 Å². The van der Waals surface area contributed by atoms with Gasteiger partial charge in [0.25, 0.3) is 0 Å². The number of carbonyl (C=O) groups excluding carboxylic acids is 2. The summed E-state index contributed by atoms with van der Waals surface area (Å²) in [5.41, 5.74) is -0.635. The molecule has 0 aliphatic heterocycles. The van der Waals surface area contributed by atoms with Gasteiger partial charge in [-0.15, -0.1) is 0 Å². The highest BCUT2D eigenvalue weighted by atomic mass is 127. The van der Waals surface area contributed by atoms with E-state index in [1.54, 1.807) is 6.92 Å². The van der Waals surface area contributed by atoms with Crippen molar-refractivity contribution < 1.29 is 36.4 Å². The van der Waals surface area contributed by atoms with Crippen LogP contribution in [-0.2, 0) is 29.2 Å². The highest BCUT2D eigenvalue weighted by molar-refractivity contribution is 14.1. The lowest BCUT2D eigenvalue weighted by Crippen LogP contribution is -2.39. The molecule has 0 aromatic carbocycles. The first kappa shape index (κ1) is 17.6. The molecule has 7 nitrogen and oxygen atoms in total. The molecule has 10 heteroatoms. The Morgan fingerprint density at radius 1 is 1.40 bits per heavy atom. The number of hydrogen-bond acceptors (Lipinski definition) is 6. The second kappa shape index (κ2) is 6.10. The van der Waals surface area contributed by atoms with E-state index in [2.05, 4.69) is 4.74 Å². The molecule has 0 amide bonds. The van der Waals surface area contributed by atoms with Crippen LogP contribution >= 0.6 is 22.6 Å². The Labute approximate surface area is 129 Å². The van der Waals surface area contributed by atoms with Crippen LogP contribution in [0.1, 0.15) is 32.6 Å². The largest absolute Gasteiger partial charge is 0.457 e. The monoisotopic (exact) mass is 424 g/mol. The SMILES string of the molecule is CC1(OC(=O)COC(=O)C(F)(I)S(=O)(=O)O)CCCC1. The molecule has 0 aromatic heterocycles. The van der Waals surface area contributed by atoms with Gasteiger partial charge in [0.05, 0.1) is 0 Å². The van der Waals surface area contributed by atoms with Gasteiger partial charge < -0.3 is 9.47 Å². The molecule has 0 bridgehead atoms. The van der Waals surface area contributed by atoms with Crippen LogP contribution in [0.2, 0.25) is 0 Å². The van der Waals surface area contributed by atoms with E-state index in [0.717, 1.165) is 12.8 Å². The lowest BCUT2D eigenvalue weighted by atomic mass is 10.1. The topological polar surface area (TPSA) is 107 Å². The summed E-state index contributed by atoms with van der Waals surface area (Å²) in [4.78, 5) is 22.6. The zero-order chi connectivity index (χ0) is 15.6. The molecule has 0 radical (unpaired) electrons. The van der Waals surface area contributed by atoms with Crippen LogP contribution in [0, 0.1) is 0 Å². The number of carbonyl (C=O) groups is 2. The predicted octanol–water partition coefficient (Wildman–Crippen LogP) is 1.35. The molecule has 1 fully saturated rings. The molecule has 1 rings (SSSR count). The normalized spacial score (nSPS) is 21.0. The zero-order valence-electron chi connectivity index (χ0n) is 10.6. The highest BCUT2D eigenvalue weighted by Crippen LogP contribution is 2.33. The van der Waals surface area contributed by atoms with Crippen molar-refractivity contribution >= 4 is 44.6 Å². The number of ether oxygens (including phenoxy) is 2. The summed E-state index contributed by atoms with van der Waals surface area (Å²) in [6.07, 6.45) is 3.18. The minimum absolute atomic E-state index is 0.577. The van der Waals surface area contributed by atoms with Gasteiger partial charge in [-0.3, -0.25) is 4.55 Å². The van der Waals surface area contributed by atoms with Gasteiger partial charge in [0.1, 0.15) is 5.60 Å². The van der Waals surface area contributed by atoms with Gasteiger partial charge in [-0.2, -0.15) is 12.8 Å². The summed E-state index contributed by atoms with van der Waals surface area (Å²) in [5, 5.41) is 0. The maximum absolute atomic E-state index is 13.4. The molecule has 1 aliphatic carbocycles. The van der Waals surface area contributed by atoms with E-state index >= 15 is 0 Å². The molecule has 20 heavy (non-hydrogen) atoms. The molecule has 1 aliphatic rings. The van der Waals surface area contributed by atoms with Gasteiger partial charge in [-0.1, -0.05) is 0 Å². The number of alkyl halides is 2. The van der Waals surface area contributed by atoms with Crippen LogP contribution in [-0.4, -0.2) is 40.1 Å². The maximum Gasteiger partial charge on any atom is 0.378 e. The Bertz CT molecular complexity index is 496. The van der Waals surface area contributed by atoms with E-state index in [0.29, 0.717) is 35.4 Å². The van der Waals surface area contributed by atoms with E-state index < -0.39 is 37.3 Å². The third kappa shape index (κ3) is 4.25. The molecule has 116 valence electrons. The highest BCUT2D eigenvalue weighted by Gasteiger charge is 2.51. The fraction of sp³-hybridized carbons (Fsp3) is 0.800. The Morgan fingerprint density at radius 2 is 1.90 bits per heavy atom. The van der Waals surface area contributed by atoms with Crippen LogP contribution in [0.3, 0.4) is 0 Å². The van der Waals surface area contributed by atoms with Crippen LogP contribution in [0.25, 0.3) is 0 Å². The third-order valence-electron chi connectivity index (χ3n) is 2.90. The second-order valence-electron chi connectivity index (χ2n) is 4.70. The van der Waals surface area contributed by atoms with Gasteiger partial charge in [-0.05, 0) is 55.2 Å². The maximum atomic E-state index is 13.4. The van der Waals surface area contributed by atoms with Crippen LogP contribution < -0.4 is 0 Å². The first-order valence-electron chi connectivity index (χ1n) is 5.72. The first-order valence-corrected chi connectivity index (χ1v) is 8.24. The average molecular weight is 424 g/mol. The van der Waals surface area contributed by atoms with Crippen molar-refractivity contribution in [1.29, 1.82) is 0 Å². The van der Waals surface area contributed by atoms with Crippen molar-refractivity contribution in [1.82, 2.24) is 0 Å². The summed E-state index contributed by atoms with van der Waals surface area (Å²) < 4.78 is 48.9. The first-order chi connectivity index (χ1) is 8.98. The Kier molecular flexibility index (Phi) is 5.35. The van der Waals surface area contributed by atoms with Crippen molar-refractivity contribution in [3.63, 3.8) is 0 Å². The standard InChI is InChI=1S/C10H14FIO7S/c1-9(4-2-3-5-9)19-7(13)6-18-8(14)10(11,12)20(15,16)17/h2-6H2,1H3,(H,15,16,17). The molecule has 1 unspecified atom stereocenters. The number of rotatable bonds is 5. The molecular formula is C10H14FIO7S. The van der Waals surface area contributed by atoms with Crippen LogP contribution in [0.4, 0.5) is 4.39 Å². The molecule has 1 atom stereocenters. The lowest BCUT2D eigenvalue weighted by Gasteiger charge is -2.24. The van der Waals surface area contributed by atoms with Crippen molar-refractivity contribution in [2.24, 2.45) is 0 Å². The van der Waals surface area contributed by atoms with Crippen LogP contribution in [0.5, 0.6) is 0 Å². The van der Waals surface area contributed by atoms with Crippen LogP contribution in [0.15, 0.2) is 0 Å². The Morgan fingerprint density at radius 3 is 2.35 bits per heavy atom. The van der Waals surface area contributed by atoms with E-state index in [9.17, 15) is 22.4 Å². The number of esters is 2. The molecule has 0 aromatic rings. The second-order valence-corrected chi connectivity index (χ2v) is 8.43. The summed E-state index contributed by atoms with van der Waals surface area (Å²) in [6, 6.07) is 0. The van der Waals surface area contributed by atoms with Crippen molar-refractivity contribution in [2.75, 3.05) is 6.61 Å². The van der Waals surface area contributed by atoms with E-state index in [4.69, 9.17) is 9.29 Å². The average Bonchev–Trinajstić information content (AvgIpc) is 2.70. The van der Waals surface area contributed by atoms with Gasteiger partial charge >= 0.3 is 25.1 Å². The molecular weight excluding hydrogens is 410 g/mol. The fourth-order valence-corrected chi connectivity index (χ4v) is 2.27. The van der Waals surface area contributed by atoms with Crippen molar-refractivity contribution in [2.45, 2.75) is 41.2 Å². The summed E-state index contributed by atoms with van der Waals surface area (Å²) in [7, 11) is -5.29. The number of halogens is 2. The summed E-state index contributed by atoms with van der Waals surface area (Å²) in [6.45, 7) is 0.814. The van der Waals surface area contributed by atoms with E-state index in [1.807, 2.05) is 0 Å². The molecule has 0 spiro atoms. The van der Waals surface area contributed by atoms with Crippen molar-refractivity contribution in [3.8, 4) is 0 Å². The van der Waals surface area contributed by atoms with Gasteiger partial charge in [0.15, 0.2) is 6.61 Å². The van der Waals surface area contributed by atoms with Crippen molar-refractivity contribution in [3.05, 3.63) is 0 Å². The summed E-state index contributed by atoms with van der Waals surface area (Å²) in [5.74, 6) is -2.78. The van der Waals surface area contributed by atoms with E-state index in [1.165, 1.54) is 0 Å². The zero-order valence-corrected chi connectivity index (χ0v) is 13.6. The fourth-order valence-electron chi connectivity index (χ4n) is 1.84. The minimum Gasteiger partial charge on any atom is -0.457 e. The van der Waals surface area contributed by atoms with E-state index in [-0.39, 0.29) is 0 Å². The summed E-state index contributed by atoms with van der Waals surface area (Å²) >= 11 is 0.577. The smallest absolute Gasteiger partial charge is 0.378 e. The molecule has 0 heterocycles. The predicted molar refractivity (Wildman–Crippen MR) is 73.3 cm³/mol. The quantitative estimate of drug-likeness (QED) is 0.307.